The summed E-state index contributed by atoms with van der Waals surface area (Å²) in [5.41, 5.74) is 8.07. The maximum atomic E-state index is 13.3. The van der Waals surface area contributed by atoms with Crippen LogP contribution in [0.1, 0.15) is 75.2 Å². The van der Waals surface area contributed by atoms with Crippen LogP contribution in [0.15, 0.2) is 67.3 Å². The third kappa shape index (κ3) is 11.7. The summed E-state index contributed by atoms with van der Waals surface area (Å²) in [6.07, 6.45) is 1.44. The molecule has 7 rings (SSSR count). The van der Waals surface area contributed by atoms with Gasteiger partial charge in [0.15, 0.2) is 0 Å². The van der Waals surface area contributed by atoms with Crippen LogP contribution in [0.5, 0.6) is 11.6 Å². The summed E-state index contributed by atoms with van der Waals surface area (Å²) in [5.74, 6) is -3.77. The number of piperidine rings is 2. The third-order valence-electron chi connectivity index (χ3n) is 11.0. The molecule has 0 spiro atoms. The molecule has 1 unspecified atom stereocenters. The number of aromatic nitrogens is 3. The maximum Gasteiger partial charge on any atom is 0.573 e. The van der Waals surface area contributed by atoms with Crippen molar-refractivity contribution in [2.45, 2.75) is 70.0 Å². The number of fused-ring (bicyclic) bond motifs is 1. The van der Waals surface area contributed by atoms with Crippen LogP contribution in [0.25, 0.3) is 11.3 Å². The quantitative estimate of drug-likeness (QED) is 0.0782. The summed E-state index contributed by atoms with van der Waals surface area (Å²) in [5, 5.41) is 8.08. The number of hydrogen-bond donors (Lipinski definition) is 4. The lowest BCUT2D eigenvalue weighted by Gasteiger charge is -2.32. The number of likely N-dealkylation sites (tertiary alicyclic amines) is 1. The first-order valence-electron chi connectivity index (χ1n) is 21.2. The van der Waals surface area contributed by atoms with Gasteiger partial charge < -0.3 is 40.0 Å². The molecule has 2 saturated heterocycles. The van der Waals surface area contributed by atoms with Crippen molar-refractivity contribution in [2.75, 3.05) is 44.7 Å². The van der Waals surface area contributed by atoms with Crippen LogP contribution in [-0.2, 0) is 36.9 Å². The molecule has 66 heavy (non-hydrogen) atoms. The van der Waals surface area contributed by atoms with Crippen molar-refractivity contribution in [1.29, 1.82) is 0 Å². The number of amides is 7. The Labute approximate surface area is 375 Å². The summed E-state index contributed by atoms with van der Waals surface area (Å²) in [6.45, 7) is 2.23. The highest BCUT2D eigenvalue weighted by molar-refractivity contribution is 6.25. The number of nitrogens with two attached hydrogens (primary N) is 1. The van der Waals surface area contributed by atoms with Crippen molar-refractivity contribution < 1.29 is 60.9 Å². The van der Waals surface area contributed by atoms with Gasteiger partial charge in [0.1, 0.15) is 23.5 Å². The zero-order valence-corrected chi connectivity index (χ0v) is 35.4. The van der Waals surface area contributed by atoms with Crippen LogP contribution in [0.4, 0.5) is 18.9 Å². The number of ether oxygens (including phenoxy) is 3. The molecule has 2 aromatic carbocycles. The fraction of sp³-hybridized carbons (Fsp3) is 0.386. The predicted molar refractivity (Wildman–Crippen MR) is 226 cm³/mol. The van der Waals surface area contributed by atoms with E-state index in [-0.39, 0.29) is 91.7 Å². The van der Waals surface area contributed by atoms with Crippen LogP contribution < -0.4 is 31.2 Å². The predicted octanol–water partition coefficient (Wildman–Crippen LogP) is 2.98. The molecule has 0 bridgehead atoms. The Kier molecular flexibility index (Phi) is 14.6. The molecular weight excluding hydrogens is 872 g/mol. The van der Waals surface area contributed by atoms with Crippen molar-refractivity contribution in [2.24, 2.45) is 5.73 Å². The van der Waals surface area contributed by atoms with E-state index in [2.05, 4.69) is 30.7 Å². The molecule has 0 aliphatic carbocycles. The average molecular weight is 918 g/mol. The van der Waals surface area contributed by atoms with Gasteiger partial charge in [-0.3, -0.25) is 43.8 Å². The van der Waals surface area contributed by atoms with Crippen LogP contribution in [-0.4, -0.2) is 124 Å². The van der Waals surface area contributed by atoms with Crippen molar-refractivity contribution in [1.82, 2.24) is 35.0 Å². The Morgan fingerprint density at radius 2 is 1.70 bits per heavy atom. The summed E-state index contributed by atoms with van der Waals surface area (Å²) >= 11 is 0. The maximum absolute atomic E-state index is 13.3. The van der Waals surface area contributed by atoms with Gasteiger partial charge in [-0.15, -0.1) is 13.2 Å². The van der Waals surface area contributed by atoms with Gasteiger partial charge in [0, 0.05) is 82.1 Å². The molecule has 2 aromatic heterocycles. The molecule has 2 fully saturated rings. The number of aryl methyl sites for hydroxylation is 1. The van der Waals surface area contributed by atoms with Crippen molar-refractivity contribution >= 4 is 47.0 Å². The van der Waals surface area contributed by atoms with E-state index in [1.54, 1.807) is 40.2 Å². The van der Waals surface area contributed by atoms with Gasteiger partial charge in [0.05, 0.1) is 42.8 Å². The molecule has 7 amide bonds. The van der Waals surface area contributed by atoms with Crippen molar-refractivity contribution in [3.63, 3.8) is 0 Å². The van der Waals surface area contributed by atoms with E-state index >= 15 is 0 Å². The van der Waals surface area contributed by atoms with Crippen LogP contribution in [0, 0.1) is 0 Å². The zero-order valence-electron chi connectivity index (χ0n) is 35.4. The van der Waals surface area contributed by atoms with Gasteiger partial charge in [-0.2, -0.15) is 0 Å². The number of anilines is 1. The molecular formula is C44H46F3N9O10. The second-order valence-electron chi connectivity index (χ2n) is 15.7. The third-order valence-corrected chi connectivity index (χ3v) is 11.0. The highest BCUT2D eigenvalue weighted by Crippen LogP contribution is 2.33. The topological polar surface area (TPSA) is 246 Å². The lowest BCUT2D eigenvalue weighted by atomic mass is 10.0. The fourth-order valence-corrected chi connectivity index (χ4v) is 7.77. The van der Waals surface area contributed by atoms with Gasteiger partial charge in [0.2, 0.25) is 29.5 Å². The lowest BCUT2D eigenvalue weighted by Crippen LogP contribution is -2.54. The number of carbonyl (C=O) groups is 7. The number of imidazole rings is 1. The van der Waals surface area contributed by atoms with Crippen LogP contribution >= 0.6 is 0 Å². The number of alkyl halides is 3. The minimum absolute atomic E-state index is 0.00620. The number of imide groups is 2. The second-order valence-corrected chi connectivity index (χ2v) is 15.7. The number of nitrogens with zero attached hydrogens (tertiary/aromatic N) is 5. The summed E-state index contributed by atoms with van der Waals surface area (Å²) in [6, 6.07) is 10.4. The molecule has 0 radical (unpaired) electrons. The molecule has 4 aromatic rings. The Hall–Kier alpha value is -7.36. The molecule has 5 N–H and O–H groups in total. The highest BCUT2D eigenvalue weighted by atomic mass is 19.4. The summed E-state index contributed by atoms with van der Waals surface area (Å²) in [4.78, 5) is 99.4. The standard InChI is InChI=1S/C44H46F3N9O10/c45-44(46,47)66-29-8-6-26(7-9-29)21-37(59)55-17-12-28(13-18-55)65-41-31(39(48)60)22-27(23-51-41)33-24-54(25-52-33)16-2-5-35(57)50-15-20-64-19-14-49-32-4-1-3-30-38(32)43(63)56(42(30)62)34-10-11-36(58)53-40(34)61/h1,3-4,6-9,22-25,28,34,49H,2,5,10-21H2,(H2,48,60)(H,50,57)(H,53,58,61). The molecule has 22 heteroatoms. The number of benzene rings is 2. The number of nitrogens with one attached hydrogen (secondary N) is 3. The molecule has 19 nitrogen and oxygen atoms in total. The molecule has 5 heterocycles. The number of pyridine rings is 1. The highest BCUT2D eigenvalue weighted by Gasteiger charge is 2.45. The molecule has 0 saturated carbocycles. The number of rotatable bonds is 19. The fourth-order valence-electron chi connectivity index (χ4n) is 7.77. The Bertz CT molecular complexity index is 2490. The SMILES string of the molecule is NC(=O)c1cc(-c2cn(CCCC(=O)NCCOCCNc3cccc4c3C(=O)N(C3CCC(=O)NC3=O)C4=O)cn2)cnc1OC1CCN(C(=O)Cc2ccc(OC(F)(F)F)cc2)CC1. The Balaban J connectivity index is 0.786. The second kappa shape index (κ2) is 20.6. The molecule has 3 aliphatic rings. The molecule has 348 valence electrons. The smallest absolute Gasteiger partial charge is 0.474 e. The van der Waals surface area contributed by atoms with E-state index in [1.807, 2.05) is 0 Å². The van der Waals surface area contributed by atoms with Crippen LogP contribution in [0.2, 0.25) is 0 Å². The first-order valence-corrected chi connectivity index (χ1v) is 21.2. The van der Waals surface area contributed by atoms with E-state index in [0.717, 1.165) is 17.0 Å². The number of carbonyl (C=O) groups excluding carboxylic acids is 7. The van der Waals surface area contributed by atoms with Gasteiger partial charge in [-0.25, -0.2) is 9.97 Å². The van der Waals surface area contributed by atoms with Gasteiger partial charge >= 0.3 is 6.36 Å². The number of primary amides is 1. The van der Waals surface area contributed by atoms with E-state index in [4.69, 9.17) is 15.2 Å². The van der Waals surface area contributed by atoms with E-state index < -0.39 is 41.9 Å². The lowest BCUT2D eigenvalue weighted by molar-refractivity contribution is -0.274. The van der Waals surface area contributed by atoms with E-state index in [1.165, 1.54) is 24.4 Å². The average Bonchev–Trinajstić information content (AvgIpc) is 3.85. The normalized spacial score (nSPS) is 16.5. The van der Waals surface area contributed by atoms with Gasteiger partial charge in [-0.05, 0) is 48.7 Å². The minimum atomic E-state index is -4.81. The minimum Gasteiger partial charge on any atom is -0.474 e. The number of hydrogen-bond acceptors (Lipinski definition) is 13. The van der Waals surface area contributed by atoms with E-state index in [0.29, 0.717) is 67.9 Å². The molecule has 1 atom stereocenters. The molecule has 3 aliphatic heterocycles. The Morgan fingerprint density at radius 1 is 0.939 bits per heavy atom. The number of halogens is 3. The van der Waals surface area contributed by atoms with Crippen molar-refractivity contribution in [3.05, 3.63) is 89.5 Å². The zero-order chi connectivity index (χ0) is 47.0. The van der Waals surface area contributed by atoms with Crippen molar-refractivity contribution in [3.8, 4) is 22.9 Å². The Morgan fingerprint density at radius 3 is 2.42 bits per heavy atom. The first kappa shape index (κ1) is 46.6. The summed E-state index contributed by atoms with van der Waals surface area (Å²) in [7, 11) is 0. The first-order chi connectivity index (χ1) is 31.6. The largest absolute Gasteiger partial charge is 0.573 e. The van der Waals surface area contributed by atoms with Crippen LogP contribution in [0.3, 0.4) is 0 Å². The van der Waals surface area contributed by atoms with E-state index in [9.17, 15) is 46.7 Å². The van der Waals surface area contributed by atoms with Gasteiger partial charge in [-0.1, -0.05) is 18.2 Å². The van der Waals surface area contributed by atoms with Gasteiger partial charge in [0.25, 0.3) is 17.7 Å². The monoisotopic (exact) mass is 917 g/mol. The summed E-state index contributed by atoms with van der Waals surface area (Å²) < 4.78 is 54.7.